The van der Waals surface area contributed by atoms with Gasteiger partial charge in [-0.25, -0.2) is 0 Å². The Morgan fingerprint density at radius 1 is 1.41 bits per heavy atom. The number of halogens is 1. The first-order valence-corrected chi connectivity index (χ1v) is 6.12. The van der Waals surface area contributed by atoms with E-state index in [1.165, 1.54) is 5.56 Å². The predicted octanol–water partition coefficient (Wildman–Crippen LogP) is 1.94. The smallest absolute Gasteiger partial charge is 0.226 e. The summed E-state index contributed by atoms with van der Waals surface area (Å²) in [5.74, 6) is -0.00770. The van der Waals surface area contributed by atoms with Gasteiger partial charge in [0.15, 0.2) is 0 Å². The van der Waals surface area contributed by atoms with Crippen LogP contribution in [0.2, 0.25) is 5.02 Å². The fourth-order valence-corrected chi connectivity index (χ4v) is 1.66. The van der Waals surface area contributed by atoms with Crippen molar-refractivity contribution in [3.8, 4) is 0 Å². The van der Waals surface area contributed by atoms with Crippen molar-refractivity contribution in [2.75, 3.05) is 20.1 Å². The van der Waals surface area contributed by atoms with Crippen LogP contribution < -0.4 is 5.73 Å². The second-order valence-corrected chi connectivity index (χ2v) is 4.71. The van der Waals surface area contributed by atoms with E-state index in [1.807, 2.05) is 38.2 Å². The maximum absolute atomic E-state index is 11.8. The average molecular weight is 255 g/mol. The van der Waals surface area contributed by atoms with Crippen LogP contribution in [0, 0.1) is 5.92 Å². The third kappa shape index (κ3) is 4.36. The molecule has 1 unspecified atom stereocenters. The second-order valence-electron chi connectivity index (χ2n) is 4.27. The lowest BCUT2D eigenvalue weighted by Crippen LogP contribution is -2.36. The third-order valence-electron chi connectivity index (χ3n) is 2.80. The number of nitrogens with two attached hydrogens (primary N) is 1. The zero-order chi connectivity index (χ0) is 12.8. The zero-order valence-corrected chi connectivity index (χ0v) is 11.1. The van der Waals surface area contributed by atoms with Gasteiger partial charge in [0.1, 0.15) is 0 Å². The van der Waals surface area contributed by atoms with Crippen LogP contribution in [-0.4, -0.2) is 30.9 Å². The number of amides is 1. The van der Waals surface area contributed by atoms with Gasteiger partial charge in [-0.1, -0.05) is 30.7 Å². The Kier molecular flexibility index (Phi) is 5.45. The molecule has 0 saturated heterocycles. The maximum Gasteiger partial charge on any atom is 0.226 e. The SMILES string of the molecule is CC(CN)C(=O)N(C)CCc1ccc(Cl)cc1. The van der Waals surface area contributed by atoms with Crippen LogP contribution in [0.25, 0.3) is 0 Å². The molecular weight excluding hydrogens is 236 g/mol. The highest BCUT2D eigenvalue weighted by Gasteiger charge is 2.15. The summed E-state index contributed by atoms with van der Waals surface area (Å²) in [5.41, 5.74) is 6.65. The van der Waals surface area contributed by atoms with E-state index in [0.29, 0.717) is 13.1 Å². The molecule has 0 spiro atoms. The van der Waals surface area contributed by atoms with E-state index in [-0.39, 0.29) is 11.8 Å². The number of nitrogens with zero attached hydrogens (tertiary/aromatic N) is 1. The van der Waals surface area contributed by atoms with E-state index in [9.17, 15) is 4.79 Å². The number of carbonyl (C=O) groups excluding carboxylic acids is 1. The molecule has 0 heterocycles. The van der Waals surface area contributed by atoms with Crippen molar-refractivity contribution in [1.82, 2.24) is 4.90 Å². The van der Waals surface area contributed by atoms with E-state index < -0.39 is 0 Å². The van der Waals surface area contributed by atoms with Gasteiger partial charge >= 0.3 is 0 Å². The molecule has 0 aliphatic carbocycles. The molecule has 0 bridgehead atoms. The molecule has 1 amide bonds. The average Bonchev–Trinajstić information content (AvgIpc) is 2.35. The van der Waals surface area contributed by atoms with E-state index in [1.54, 1.807) is 4.90 Å². The number of likely N-dealkylation sites (N-methyl/N-ethyl adjacent to an activating group) is 1. The van der Waals surface area contributed by atoms with Crippen LogP contribution in [0.5, 0.6) is 0 Å². The van der Waals surface area contributed by atoms with Crippen LogP contribution in [0.3, 0.4) is 0 Å². The van der Waals surface area contributed by atoms with Gasteiger partial charge in [-0.15, -0.1) is 0 Å². The van der Waals surface area contributed by atoms with Gasteiger partial charge in [-0.2, -0.15) is 0 Å². The first-order chi connectivity index (χ1) is 8.04. The van der Waals surface area contributed by atoms with Crippen LogP contribution in [0.4, 0.5) is 0 Å². The number of hydrogen-bond donors (Lipinski definition) is 1. The van der Waals surface area contributed by atoms with Gasteiger partial charge < -0.3 is 10.6 Å². The summed E-state index contributed by atoms with van der Waals surface area (Å²) in [6.07, 6.45) is 0.830. The summed E-state index contributed by atoms with van der Waals surface area (Å²) in [4.78, 5) is 13.5. The van der Waals surface area contributed by atoms with Crippen molar-refractivity contribution in [3.05, 3.63) is 34.9 Å². The molecule has 4 heteroatoms. The van der Waals surface area contributed by atoms with Gasteiger partial charge in [0.25, 0.3) is 0 Å². The number of benzene rings is 1. The maximum atomic E-state index is 11.8. The normalized spacial score (nSPS) is 12.2. The molecule has 1 atom stereocenters. The molecule has 1 aromatic carbocycles. The Labute approximate surface area is 108 Å². The Balaban J connectivity index is 2.45. The van der Waals surface area contributed by atoms with E-state index >= 15 is 0 Å². The van der Waals surface area contributed by atoms with E-state index in [4.69, 9.17) is 17.3 Å². The van der Waals surface area contributed by atoms with Gasteiger partial charge in [-0.05, 0) is 24.1 Å². The molecule has 0 saturated carbocycles. The highest BCUT2D eigenvalue weighted by molar-refractivity contribution is 6.30. The van der Waals surface area contributed by atoms with E-state index in [2.05, 4.69) is 0 Å². The minimum atomic E-state index is -0.106. The topological polar surface area (TPSA) is 46.3 Å². The molecule has 0 aromatic heterocycles. The van der Waals surface area contributed by atoms with Crippen molar-refractivity contribution in [1.29, 1.82) is 0 Å². The van der Waals surface area contributed by atoms with Crippen molar-refractivity contribution >= 4 is 17.5 Å². The van der Waals surface area contributed by atoms with E-state index in [0.717, 1.165) is 11.4 Å². The van der Waals surface area contributed by atoms with Gasteiger partial charge in [-0.3, -0.25) is 4.79 Å². The van der Waals surface area contributed by atoms with Crippen molar-refractivity contribution in [3.63, 3.8) is 0 Å². The summed E-state index contributed by atoms with van der Waals surface area (Å²) in [7, 11) is 1.81. The Morgan fingerprint density at radius 3 is 2.53 bits per heavy atom. The lowest BCUT2D eigenvalue weighted by Gasteiger charge is -2.20. The van der Waals surface area contributed by atoms with Crippen LogP contribution in [-0.2, 0) is 11.2 Å². The van der Waals surface area contributed by atoms with Crippen LogP contribution in [0.15, 0.2) is 24.3 Å². The fraction of sp³-hybridized carbons (Fsp3) is 0.462. The lowest BCUT2D eigenvalue weighted by molar-refractivity contribution is -0.133. The zero-order valence-electron chi connectivity index (χ0n) is 10.3. The van der Waals surface area contributed by atoms with Crippen molar-refractivity contribution < 1.29 is 4.79 Å². The summed E-state index contributed by atoms with van der Waals surface area (Å²) in [6, 6.07) is 7.68. The predicted molar refractivity (Wildman–Crippen MR) is 71.0 cm³/mol. The largest absolute Gasteiger partial charge is 0.345 e. The molecule has 0 fully saturated rings. The Morgan fingerprint density at radius 2 is 2.00 bits per heavy atom. The molecule has 3 nitrogen and oxygen atoms in total. The molecule has 17 heavy (non-hydrogen) atoms. The molecule has 0 aliphatic rings. The summed E-state index contributed by atoms with van der Waals surface area (Å²) in [5, 5.41) is 0.731. The second kappa shape index (κ2) is 6.62. The van der Waals surface area contributed by atoms with Gasteiger partial charge in [0.2, 0.25) is 5.91 Å². The van der Waals surface area contributed by atoms with Crippen molar-refractivity contribution in [2.45, 2.75) is 13.3 Å². The first kappa shape index (κ1) is 14.0. The van der Waals surface area contributed by atoms with Crippen LogP contribution >= 0.6 is 11.6 Å². The van der Waals surface area contributed by atoms with Crippen LogP contribution in [0.1, 0.15) is 12.5 Å². The quantitative estimate of drug-likeness (QED) is 0.873. The summed E-state index contributed by atoms with van der Waals surface area (Å²) < 4.78 is 0. The highest BCUT2D eigenvalue weighted by atomic mass is 35.5. The van der Waals surface area contributed by atoms with Gasteiger partial charge in [0.05, 0.1) is 0 Å². The molecule has 1 rings (SSSR count). The fourth-order valence-electron chi connectivity index (χ4n) is 1.54. The van der Waals surface area contributed by atoms with Crippen molar-refractivity contribution in [2.24, 2.45) is 11.7 Å². The summed E-state index contributed by atoms with van der Waals surface area (Å²) >= 11 is 5.81. The minimum absolute atomic E-state index is 0.0986. The standard InChI is InChI=1S/C13H19ClN2O/c1-10(9-15)13(17)16(2)8-7-11-3-5-12(14)6-4-11/h3-6,10H,7-9,15H2,1-2H3. The molecule has 94 valence electrons. The number of carbonyl (C=O) groups is 1. The molecule has 2 N–H and O–H groups in total. The first-order valence-electron chi connectivity index (χ1n) is 5.74. The number of rotatable bonds is 5. The molecule has 0 aliphatic heterocycles. The number of hydrogen-bond acceptors (Lipinski definition) is 2. The third-order valence-corrected chi connectivity index (χ3v) is 3.05. The van der Waals surface area contributed by atoms with Gasteiger partial charge in [0, 0.05) is 31.1 Å². The minimum Gasteiger partial charge on any atom is -0.345 e. The monoisotopic (exact) mass is 254 g/mol. The Hall–Kier alpha value is -1.06. The highest BCUT2D eigenvalue weighted by Crippen LogP contribution is 2.10. The Bertz CT molecular complexity index is 364. The molecule has 1 aromatic rings. The molecule has 0 radical (unpaired) electrons. The summed E-state index contributed by atoms with van der Waals surface area (Å²) in [6.45, 7) is 2.94. The molecular formula is C13H19ClN2O. The lowest BCUT2D eigenvalue weighted by atomic mass is 10.1.